The zero-order chi connectivity index (χ0) is 16.2. The van der Waals surface area contributed by atoms with Gasteiger partial charge in [0.2, 0.25) is 11.8 Å². The molecule has 6 heteroatoms. The first-order valence-electron chi connectivity index (χ1n) is 7.46. The van der Waals surface area contributed by atoms with Crippen LogP contribution in [0.1, 0.15) is 30.5 Å². The molecule has 120 valence electrons. The van der Waals surface area contributed by atoms with Gasteiger partial charge < -0.3 is 15.4 Å². The van der Waals surface area contributed by atoms with Gasteiger partial charge in [-0.3, -0.25) is 14.6 Å². The molecule has 1 aromatic rings. The van der Waals surface area contributed by atoms with Gasteiger partial charge in [-0.15, -0.1) is 0 Å². The lowest BCUT2D eigenvalue weighted by Crippen LogP contribution is -2.53. The molecular weight excluding hydrogens is 282 g/mol. The summed E-state index contributed by atoms with van der Waals surface area (Å²) in [6.45, 7) is 2.86. The number of amides is 2. The standard InChI is InChI=1S/C16H23N3O3/c1-12-8-13(4-6-18-12)9-15(21)19-7-3-5-16(19,11-22-2)10-14(17)20/h4,6,8H,3,5,7,9-11H2,1-2H3,(H2,17,20)/t16-/m0/s1. The van der Waals surface area contributed by atoms with Crippen LogP contribution in [0.3, 0.4) is 0 Å². The Hall–Kier alpha value is -1.95. The van der Waals surface area contributed by atoms with Crippen molar-refractivity contribution in [1.29, 1.82) is 0 Å². The molecule has 22 heavy (non-hydrogen) atoms. The van der Waals surface area contributed by atoms with Crippen molar-refractivity contribution in [3.05, 3.63) is 29.6 Å². The number of primary amides is 1. The maximum absolute atomic E-state index is 12.7. The molecule has 1 aliphatic rings. The second-order valence-corrected chi connectivity index (χ2v) is 5.93. The van der Waals surface area contributed by atoms with Crippen LogP contribution >= 0.6 is 0 Å². The molecule has 1 saturated heterocycles. The molecule has 0 spiro atoms. The smallest absolute Gasteiger partial charge is 0.227 e. The van der Waals surface area contributed by atoms with E-state index in [4.69, 9.17) is 10.5 Å². The molecule has 1 aromatic heterocycles. The number of nitrogens with zero attached hydrogens (tertiary/aromatic N) is 2. The summed E-state index contributed by atoms with van der Waals surface area (Å²) in [7, 11) is 1.58. The second kappa shape index (κ2) is 6.87. The van der Waals surface area contributed by atoms with E-state index in [0.29, 0.717) is 19.6 Å². The van der Waals surface area contributed by atoms with Crippen molar-refractivity contribution >= 4 is 11.8 Å². The minimum Gasteiger partial charge on any atom is -0.382 e. The average Bonchev–Trinajstić information content (AvgIpc) is 2.81. The lowest BCUT2D eigenvalue weighted by Gasteiger charge is -2.37. The van der Waals surface area contributed by atoms with Crippen LogP contribution in [0, 0.1) is 6.92 Å². The number of aryl methyl sites for hydroxylation is 1. The van der Waals surface area contributed by atoms with E-state index < -0.39 is 11.4 Å². The summed E-state index contributed by atoms with van der Waals surface area (Å²) in [5.41, 5.74) is 6.59. The van der Waals surface area contributed by atoms with Gasteiger partial charge in [-0.1, -0.05) is 0 Å². The average molecular weight is 305 g/mol. The van der Waals surface area contributed by atoms with Crippen molar-refractivity contribution < 1.29 is 14.3 Å². The summed E-state index contributed by atoms with van der Waals surface area (Å²) < 4.78 is 5.27. The summed E-state index contributed by atoms with van der Waals surface area (Å²) in [6, 6.07) is 3.74. The molecule has 0 aliphatic carbocycles. The highest BCUT2D eigenvalue weighted by atomic mass is 16.5. The highest BCUT2D eigenvalue weighted by Crippen LogP contribution is 2.33. The number of carbonyl (C=O) groups excluding carboxylic acids is 2. The van der Waals surface area contributed by atoms with Crippen LogP contribution in [0.15, 0.2) is 18.3 Å². The molecular formula is C16H23N3O3. The molecule has 0 radical (unpaired) electrons. The molecule has 0 aromatic carbocycles. The van der Waals surface area contributed by atoms with Gasteiger partial charge in [0.1, 0.15) is 0 Å². The van der Waals surface area contributed by atoms with E-state index in [0.717, 1.165) is 24.1 Å². The van der Waals surface area contributed by atoms with Crippen LogP contribution in [0.4, 0.5) is 0 Å². The molecule has 2 N–H and O–H groups in total. The van der Waals surface area contributed by atoms with E-state index in [1.165, 1.54) is 0 Å². The number of rotatable bonds is 6. The minimum absolute atomic E-state index is 0.00130. The number of methoxy groups -OCH3 is 1. The van der Waals surface area contributed by atoms with Crippen LogP contribution in [0.5, 0.6) is 0 Å². The molecule has 0 bridgehead atoms. The van der Waals surface area contributed by atoms with Crippen molar-refractivity contribution in [3.8, 4) is 0 Å². The third-order valence-corrected chi connectivity index (χ3v) is 4.13. The summed E-state index contributed by atoms with van der Waals surface area (Å²) in [6.07, 6.45) is 3.74. The summed E-state index contributed by atoms with van der Waals surface area (Å²) in [5, 5.41) is 0. The molecule has 2 heterocycles. The predicted octanol–water partition coefficient (Wildman–Crippen LogP) is 0.816. The highest BCUT2D eigenvalue weighted by molar-refractivity contribution is 5.82. The molecule has 0 saturated carbocycles. The molecule has 2 rings (SSSR count). The van der Waals surface area contributed by atoms with Gasteiger partial charge in [0.25, 0.3) is 0 Å². The monoisotopic (exact) mass is 305 g/mol. The lowest BCUT2D eigenvalue weighted by atomic mass is 9.92. The number of hydrogen-bond donors (Lipinski definition) is 1. The van der Waals surface area contributed by atoms with Gasteiger partial charge in [-0.05, 0) is 37.5 Å². The molecule has 1 atom stereocenters. The predicted molar refractivity (Wildman–Crippen MR) is 82.0 cm³/mol. The van der Waals surface area contributed by atoms with Crippen LogP contribution in [-0.2, 0) is 20.7 Å². The van der Waals surface area contributed by atoms with Crippen LogP contribution in [-0.4, -0.2) is 47.5 Å². The Morgan fingerprint density at radius 1 is 1.50 bits per heavy atom. The zero-order valence-corrected chi connectivity index (χ0v) is 13.2. The first-order chi connectivity index (χ1) is 10.5. The summed E-state index contributed by atoms with van der Waals surface area (Å²) in [5.74, 6) is -0.405. The van der Waals surface area contributed by atoms with Crippen LogP contribution < -0.4 is 5.73 Å². The number of hydrogen-bond acceptors (Lipinski definition) is 4. The van der Waals surface area contributed by atoms with Gasteiger partial charge in [0.05, 0.1) is 25.0 Å². The van der Waals surface area contributed by atoms with E-state index in [1.807, 2.05) is 19.1 Å². The molecule has 6 nitrogen and oxygen atoms in total. The van der Waals surface area contributed by atoms with Gasteiger partial charge in [0, 0.05) is 25.5 Å². The SMILES string of the molecule is COC[C@@]1(CC(N)=O)CCCN1C(=O)Cc1ccnc(C)c1. The van der Waals surface area contributed by atoms with Crippen molar-refractivity contribution in [3.63, 3.8) is 0 Å². The Bertz CT molecular complexity index is 561. The third kappa shape index (κ3) is 3.62. The first-order valence-corrected chi connectivity index (χ1v) is 7.46. The van der Waals surface area contributed by atoms with E-state index in [9.17, 15) is 9.59 Å². The molecule has 1 fully saturated rings. The van der Waals surface area contributed by atoms with E-state index in [2.05, 4.69) is 4.98 Å². The maximum Gasteiger partial charge on any atom is 0.227 e. The third-order valence-electron chi connectivity index (χ3n) is 4.13. The van der Waals surface area contributed by atoms with Crippen molar-refractivity contribution in [2.45, 2.75) is 38.1 Å². The molecule has 2 amide bonds. The number of nitrogens with two attached hydrogens (primary N) is 1. The van der Waals surface area contributed by atoms with E-state index in [-0.39, 0.29) is 12.3 Å². The van der Waals surface area contributed by atoms with Crippen LogP contribution in [0.2, 0.25) is 0 Å². The Morgan fingerprint density at radius 2 is 2.27 bits per heavy atom. The quantitative estimate of drug-likeness (QED) is 0.843. The normalized spacial score (nSPS) is 21.1. The number of aromatic nitrogens is 1. The van der Waals surface area contributed by atoms with Crippen molar-refractivity contribution in [1.82, 2.24) is 9.88 Å². The Balaban J connectivity index is 2.17. The molecule has 0 unspecified atom stereocenters. The highest BCUT2D eigenvalue weighted by Gasteiger charge is 2.44. The second-order valence-electron chi connectivity index (χ2n) is 5.93. The summed E-state index contributed by atoms with van der Waals surface area (Å²) >= 11 is 0. The van der Waals surface area contributed by atoms with Crippen LogP contribution in [0.25, 0.3) is 0 Å². The fourth-order valence-corrected chi connectivity index (χ4v) is 3.29. The zero-order valence-electron chi connectivity index (χ0n) is 13.2. The number of ether oxygens (including phenoxy) is 1. The Kier molecular flexibility index (Phi) is 5.13. The molecule has 1 aliphatic heterocycles. The fraction of sp³-hybridized carbons (Fsp3) is 0.562. The Morgan fingerprint density at radius 3 is 2.91 bits per heavy atom. The van der Waals surface area contributed by atoms with Gasteiger partial charge in [-0.2, -0.15) is 0 Å². The number of pyridine rings is 1. The first kappa shape index (κ1) is 16.4. The maximum atomic E-state index is 12.7. The fourth-order valence-electron chi connectivity index (χ4n) is 3.29. The lowest BCUT2D eigenvalue weighted by molar-refractivity contribution is -0.138. The van der Waals surface area contributed by atoms with E-state index in [1.54, 1.807) is 18.2 Å². The van der Waals surface area contributed by atoms with Gasteiger partial charge in [-0.25, -0.2) is 0 Å². The van der Waals surface area contributed by atoms with Gasteiger partial charge in [0.15, 0.2) is 0 Å². The Labute approximate surface area is 130 Å². The van der Waals surface area contributed by atoms with Crippen molar-refractivity contribution in [2.24, 2.45) is 5.73 Å². The topological polar surface area (TPSA) is 85.5 Å². The van der Waals surface area contributed by atoms with Crippen molar-refractivity contribution in [2.75, 3.05) is 20.3 Å². The van der Waals surface area contributed by atoms with E-state index >= 15 is 0 Å². The number of likely N-dealkylation sites (tertiary alicyclic amines) is 1. The van der Waals surface area contributed by atoms with Gasteiger partial charge >= 0.3 is 0 Å². The minimum atomic E-state index is -0.597. The number of carbonyl (C=O) groups is 2. The largest absolute Gasteiger partial charge is 0.382 e. The summed E-state index contributed by atoms with van der Waals surface area (Å²) in [4.78, 5) is 30.0.